The Morgan fingerprint density at radius 1 is 1.06 bits per heavy atom. The molecule has 2 nitrogen and oxygen atoms in total. The van der Waals surface area contributed by atoms with Crippen molar-refractivity contribution in [3.8, 4) is 5.75 Å². The predicted molar refractivity (Wildman–Crippen MR) is 63.5 cm³/mol. The van der Waals surface area contributed by atoms with E-state index in [9.17, 15) is 4.79 Å². The van der Waals surface area contributed by atoms with Crippen molar-refractivity contribution in [2.45, 2.75) is 31.8 Å². The summed E-state index contributed by atoms with van der Waals surface area (Å²) in [4.78, 5) is 11.8. The maximum absolute atomic E-state index is 11.8. The number of carbonyl (C=O) groups excluding carboxylic acids is 1. The van der Waals surface area contributed by atoms with Gasteiger partial charge in [0.05, 0.1) is 0 Å². The van der Waals surface area contributed by atoms with Gasteiger partial charge in [0.15, 0.2) is 11.9 Å². The third-order valence-electron chi connectivity index (χ3n) is 2.70. The lowest BCUT2D eigenvalue weighted by atomic mass is 10.0. The molecule has 2 heteroatoms. The normalized spacial score (nSPS) is 21.2. The maximum atomic E-state index is 11.8. The maximum Gasteiger partial charge on any atom is 0.173 e. The van der Waals surface area contributed by atoms with Crippen LogP contribution in [0.5, 0.6) is 5.75 Å². The molecule has 16 heavy (non-hydrogen) atoms. The van der Waals surface area contributed by atoms with Crippen molar-refractivity contribution in [1.82, 2.24) is 0 Å². The summed E-state index contributed by atoms with van der Waals surface area (Å²) in [6.07, 6.45) is 7.08. The number of Topliss-reactive ketones (excluding diaryl/α,β-unsaturated/α-hetero) is 1. The highest BCUT2D eigenvalue weighted by Gasteiger charge is 2.19. The third-order valence-corrected chi connectivity index (χ3v) is 2.70. The van der Waals surface area contributed by atoms with E-state index in [1.165, 1.54) is 0 Å². The lowest BCUT2D eigenvalue weighted by Crippen LogP contribution is -2.27. The van der Waals surface area contributed by atoms with E-state index in [0.29, 0.717) is 6.42 Å². The molecule has 1 aliphatic rings. The Morgan fingerprint density at radius 3 is 2.62 bits per heavy atom. The summed E-state index contributed by atoms with van der Waals surface area (Å²) in [6.45, 7) is 0. The summed E-state index contributed by atoms with van der Waals surface area (Å²) < 4.78 is 5.72. The zero-order valence-electron chi connectivity index (χ0n) is 9.26. The highest BCUT2D eigenvalue weighted by molar-refractivity contribution is 5.83. The van der Waals surface area contributed by atoms with E-state index in [2.05, 4.69) is 12.2 Å². The molecule has 0 N–H and O–H groups in total. The van der Waals surface area contributed by atoms with Crippen LogP contribution in [0.1, 0.15) is 25.7 Å². The molecule has 0 saturated heterocycles. The van der Waals surface area contributed by atoms with Gasteiger partial charge >= 0.3 is 0 Å². The van der Waals surface area contributed by atoms with Crippen LogP contribution in [-0.2, 0) is 4.79 Å². The van der Waals surface area contributed by atoms with Crippen molar-refractivity contribution in [2.75, 3.05) is 0 Å². The first kappa shape index (κ1) is 10.9. The molecule has 84 valence electrons. The molecule has 0 bridgehead atoms. The van der Waals surface area contributed by atoms with Crippen LogP contribution in [0.15, 0.2) is 42.5 Å². The van der Waals surface area contributed by atoms with Gasteiger partial charge < -0.3 is 4.74 Å². The number of ketones is 1. The number of hydrogen-bond donors (Lipinski definition) is 0. The van der Waals surface area contributed by atoms with Crippen molar-refractivity contribution < 1.29 is 9.53 Å². The molecule has 1 aromatic rings. The predicted octanol–water partition coefficient (Wildman–Crippen LogP) is 3.13. The first-order valence-electron chi connectivity index (χ1n) is 5.75. The van der Waals surface area contributed by atoms with Crippen molar-refractivity contribution >= 4 is 5.78 Å². The minimum Gasteiger partial charge on any atom is -0.483 e. The Labute approximate surface area is 95.9 Å². The van der Waals surface area contributed by atoms with E-state index in [4.69, 9.17) is 4.74 Å². The zero-order valence-corrected chi connectivity index (χ0v) is 9.26. The highest BCUT2D eigenvalue weighted by atomic mass is 16.5. The van der Waals surface area contributed by atoms with E-state index in [1.807, 2.05) is 30.3 Å². The van der Waals surface area contributed by atoms with Gasteiger partial charge in [-0.05, 0) is 31.4 Å². The molecule has 0 heterocycles. The van der Waals surface area contributed by atoms with E-state index in [-0.39, 0.29) is 11.9 Å². The van der Waals surface area contributed by atoms with Gasteiger partial charge in [0, 0.05) is 6.42 Å². The first-order valence-corrected chi connectivity index (χ1v) is 5.75. The summed E-state index contributed by atoms with van der Waals surface area (Å²) in [5, 5.41) is 0. The minimum atomic E-state index is -0.271. The Bertz CT molecular complexity index is 368. The monoisotopic (exact) mass is 216 g/mol. The number of ether oxygens (including phenoxy) is 1. The number of allylic oxidation sites excluding steroid dienone is 2. The Morgan fingerprint density at radius 2 is 1.81 bits per heavy atom. The van der Waals surface area contributed by atoms with Gasteiger partial charge in [-0.2, -0.15) is 0 Å². The average Bonchev–Trinajstić information content (AvgIpc) is 2.30. The first-order chi connectivity index (χ1) is 7.86. The largest absolute Gasteiger partial charge is 0.483 e. The molecule has 0 fully saturated rings. The number of benzene rings is 1. The summed E-state index contributed by atoms with van der Waals surface area (Å²) in [6, 6.07) is 9.56. The SMILES string of the molecule is O=C1CCC=CCC[C@H]1Oc1ccccc1. The fourth-order valence-electron chi connectivity index (χ4n) is 1.82. The zero-order chi connectivity index (χ0) is 11.2. The van der Waals surface area contributed by atoms with Crippen molar-refractivity contribution in [2.24, 2.45) is 0 Å². The van der Waals surface area contributed by atoms with Crippen LogP contribution in [0.2, 0.25) is 0 Å². The lowest BCUT2D eigenvalue weighted by molar-refractivity contribution is -0.126. The number of carbonyl (C=O) groups is 1. The number of para-hydroxylation sites is 1. The lowest BCUT2D eigenvalue weighted by Gasteiger charge is -2.18. The van der Waals surface area contributed by atoms with E-state index in [0.717, 1.165) is 25.0 Å². The molecule has 2 rings (SSSR count). The van der Waals surface area contributed by atoms with Gasteiger partial charge in [0.2, 0.25) is 0 Å². The van der Waals surface area contributed by atoms with Crippen LogP contribution >= 0.6 is 0 Å². The molecule has 1 aliphatic carbocycles. The van der Waals surface area contributed by atoms with Crippen LogP contribution in [0, 0.1) is 0 Å². The molecule has 0 aromatic heterocycles. The van der Waals surface area contributed by atoms with Crippen LogP contribution in [0.3, 0.4) is 0 Å². The van der Waals surface area contributed by atoms with Gasteiger partial charge in [-0.25, -0.2) is 0 Å². The third kappa shape index (κ3) is 2.96. The number of rotatable bonds is 2. The van der Waals surface area contributed by atoms with Gasteiger partial charge in [0.1, 0.15) is 5.75 Å². The molecular formula is C14H16O2. The van der Waals surface area contributed by atoms with Gasteiger partial charge in [-0.15, -0.1) is 0 Å². The smallest absolute Gasteiger partial charge is 0.173 e. The average molecular weight is 216 g/mol. The Kier molecular flexibility index (Phi) is 3.76. The van der Waals surface area contributed by atoms with Gasteiger partial charge in [-0.3, -0.25) is 4.79 Å². The number of hydrogen-bond acceptors (Lipinski definition) is 2. The van der Waals surface area contributed by atoms with Crippen molar-refractivity contribution in [3.63, 3.8) is 0 Å². The van der Waals surface area contributed by atoms with E-state index >= 15 is 0 Å². The summed E-state index contributed by atoms with van der Waals surface area (Å²) in [5.41, 5.74) is 0. The van der Waals surface area contributed by atoms with Crippen molar-refractivity contribution in [1.29, 1.82) is 0 Å². The molecule has 0 amide bonds. The molecule has 1 atom stereocenters. The molecule has 0 unspecified atom stereocenters. The van der Waals surface area contributed by atoms with Crippen molar-refractivity contribution in [3.05, 3.63) is 42.5 Å². The second kappa shape index (κ2) is 5.50. The molecule has 0 spiro atoms. The summed E-state index contributed by atoms with van der Waals surface area (Å²) in [7, 11) is 0. The van der Waals surface area contributed by atoms with Gasteiger partial charge in [0.25, 0.3) is 0 Å². The van der Waals surface area contributed by atoms with E-state index in [1.54, 1.807) is 0 Å². The molecular weight excluding hydrogens is 200 g/mol. The van der Waals surface area contributed by atoms with Gasteiger partial charge in [-0.1, -0.05) is 30.4 Å². The second-order valence-corrected chi connectivity index (χ2v) is 3.97. The van der Waals surface area contributed by atoms with Crippen LogP contribution < -0.4 is 4.74 Å². The summed E-state index contributed by atoms with van der Waals surface area (Å²) >= 11 is 0. The minimum absolute atomic E-state index is 0.216. The Balaban J connectivity index is 2.02. The molecule has 0 radical (unpaired) electrons. The standard InChI is InChI=1S/C14H16O2/c15-13-10-6-1-2-7-11-14(13)16-12-8-4-3-5-9-12/h1-5,8-9,14H,6-7,10-11H2/t14-/m1/s1. The highest BCUT2D eigenvalue weighted by Crippen LogP contribution is 2.17. The fourth-order valence-corrected chi connectivity index (χ4v) is 1.82. The topological polar surface area (TPSA) is 26.3 Å². The summed E-state index contributed by atoms with van der Waals surface area (Å²) in [5.74, 6) is 0.999. The van der Waals surface area contributed by atoms with Crippen LogP contribution in [-0.4, -0.2) is 11.9 Å². The second-order valence-electron chi connectivity index (χ2n) is 3.97. The molecule has 1 aromatic carbocycles. The fraction of sp³-hybridized carbons (Fsp3) is 0.357. The van der Waals surface area contributed by atoms with E-state index < -0.39 is 0 Å². The quantitative estimate of drug-likeness (QED) is 0.710. The van der Waals surface area contributed by atoms with Crippen LogP contribution in [0.4, 0.5) is 0 Å². The molecule has 0 saturated carbocycles. The Hall–Kier alpha value is -1.57. The molecule has 0 aliphatic heterocycles. The van der Waals surface area contributed by atoms with Crippen LogP contribution in [0.25, 0.3) is 0 Å².